The SMILES string of the molecule is O=C(NCc1cscn1)NCC1(C(=O)O)CCC1. The van der Waals surface area contributed by atoms with E-state index < -0.39 is 11.4 Å². The molecule has 98 valence electrons. The standard InChI is InChI=1S/C11H15N3O3S/c15-9(16)11(2-1-3-11)6-13-10(17)12-4-8-5-18-7-14-8/h5,7H,1-4,6H2,(H,15,16)(H2,12,13,17). The van der Waals surface area contributed by atoms with Gasteiger partial charge in [0.1, 0.15) is 0 Å². The van der Waals surface area contributed by atoms with E-state index in [2.05, 4.69) is 15.6 Å². The normalized spacial score (nSPS) is 16.7. The number of hydrogen-bond acceptors (Lipinski definition) is 4. The van der Waals surface area contributed by atoms with Crippen molar-refractivity contribution in [3.05, 3.63) is 16.6 Å². The van der Waals surface area contributed by atoms with Crippen LogP contribution in [0.2, 0.25) is 0 Å². The number of rotatable bonds is 5. The molecule has 1 aliphatic carbocycles. The summed E-state index contributed by atoms with van der Waals surface area (Å²) in [5.41, 5.74) is 1.74. The molecule has 0 saturated heterocycles. The second kappa shape index (κ2) is 5.34. The van der Waals surface area contributed by atoms with Gasteiger partial charge in [-0.25, -0.2) is 9.78 Å². The van der Waals surface area contributed by atoms with E-state index in [0.29, 0.717) is 19.4 Å². The van der Waals surface area contributed by atoms with Crippen LogP contribution >= 0.6 is 11.3 Å². The van der Waals surface area contributed by atoms with E-state index in [-0.39, 0.29) is 12.6 Å². The van der Waals surface area contributed by atoms with Crippen molar-refractivity contribution in [2.45, 2.75) is 25.8 Å². The van der Waals surface area contributed by atoms with E-state index in [1.165, 1.54) is 11.3 Å². The van der Waals surface area contributed by atoms with Gasteiger partial charge in [-0.1, -0.05) is 6.42 Å². The van der Waals surface area contributed by atoms with Gasteiger partial charge in [0.05, 0.1) is 23.2 Å². The fraction of sp³-hybridized carbons (Fsp3) is 0.545. The molecular formula is C11H15N3O3S. The molecule has 2 amide bonds. The van der Waals surface area contributed by atoms with E-state index >= 15 is 0 Å². The van der Waals surface area contributed by atoms with E-state index in [1.807, 2.05) is 5.38 Å². The Balaban J connectivity index is 1.73. The van der Waals surface area contributed by atoms with E-state index in [4.69, 9.17) is 5.11 Å². The summed E-state index contributed by atoms with van der Waals surface area (Å²) < 4.78 is 0. The predicted octanol–water partition coefficient (Wildman–Crippen LogP) is 1.20. The first-order valence-electron chi connectivity index (χ1n) is 5.75. The minimum atomic E-state index is -0.825. The number of aromatic nitrogens is 1. The summed E-state index contributed by atoms with van der Waals surface area (Å²) in [5, 5.41) is 16.2. The average Bonchev–Trinajstić information content (AvgIpc) is 2.77. The number of hydrogen-bond donors (Lipinski definition) is 3. The summed E-state index contributed by atoms with van der Waals surface area (Å²) in [4.78, 5) is 26.6. The zero-order chi connectivity index (χ0) is 13.0. The van der Waals surface area contributed by atoms with Crippen LogP contribution in [0.1, 0.15) is 25.0 Å². The van der Waals surface area contributed by atoms with Crippen LogP contribution in [-0.2, 0) is 11.3 Å². The Morgan fingerprint density at radius 3 is 2.72 bits per heavy atom. The van der Waals surface area contributed by atoms with Crippen LogP contribution in [-0.4, -0.2) is 28.6 Å². The van der Waals surface area contributed by atoms with Crippen molar-refractivity contribution in [1.82, 2.24) is 15.6 Å². The average molecular weight is 269 g/mol. The molecule has 1 heterocycles. The maximum absolute atomic E-state index is 11.5. The maximum atomic E-state index is 11.5. The smallest absolute Gasteiger partial charge is 0.315 e. The van der Waals surface area contributed by atoms with Crippen LogP contribution in [0, 0.1) is 5.41 Å². The molecule has 1 aliphatic rings. The molecule has 7 heteroatoms. The Bertz CT molecular complexity index is 429. The lowest BCUT2D eigenvalue weighted by molar-refractivity contribution is -0.153. The zero-order valence-corrected chi connectivity index (χ0v) is 10.6. The molecule has 1 fully saturated rings. The van der Waals surface area contributed by atoms with Gasteiger partial charge in [0.15, 0.2) is 0 Å². The zero-order valence-electron chi connectivity index (χ0n) is 9.81. The molecule has 3 N–H and O–H groups in total. The fourth-order valence-electron chi connectivity index (χ4n) is 1.88. The minimum absolute atomic E-state index is 0.186. The number of aliphatic carboxylic acids is 1. The number of carboxylic acids is 1. The van der Waals surface area contributed by atoms with Crippen LogP contribution in [0.15, 0.2) is 10.9 Å². The molecule has 6 nitrogen and oxygen atoms in total. The van der Waals surface area contributed by atoms with Crippen LogP contribution < -0.4 is 10.6 Å². The Morgan fingerprint density at radius 2 is 2.22 bits per heavy atom. The first kappa shape index (κ1) is 12.8. The van der Waals surface area contributed by atoms with E-state index in [0.717, 1.165) is 12.1 Å². The lowest BCUT2D eigenvalue weighted by Gasteiger charge is -2.37. The van der Waals surface area contributed by atoms with E-state index in [9.17, 15) is 9.59 Å². The highest BCUT2D eigenvalue weighted by Gasteiger charge is 2.44. The summed E-state index contributed by atoms with van der Waals surface area (Å²) >= 11 is 1.47. The third-order valence-corrected chi connectivity index (χ3v) is 3.90. The van der Waals surface area contributed by atoms with Crippen LogP contribution in [0.25, 0.3) is 0 Å². The summed E-state index contributed by atoms with van der Waals surface area (Å²) in [6, 6.07) is -0.351. The van der Waals surface area contributed by atoms with Crippen molar-refractivity contribution in [2.75, 3.05) is 6.54 Å². The van der Waals surface area contributed by atoms with Gasteiger partial charge in [-0.2, -0.15) is 0 Å². The first-order chi connectivity index (χ1) is 8.62. The molecule has 1 aromatic heterocycles. The molecule has 2 rings (SSSR count). The molecular weight excluding hydrogens is 254 g/mol. The van der Waals surface area contributed by atoms with Crippen molar-refractivity contribution in [2.24, 2.45) is 5.41 Å². The molecule has 0 unspecified atom stereocenters. The fourth-order valence-corrected chi connectivity index (χ4v) is 2.44. The monoisotopic (exact) mass is 269 g/mol. The largest absolute Gasteiger partial charge is 0.481 e. The Morgan fingerprint density at radius 1 is 1.44 bits per heavy atom. The number of carbonyl (C=O) groups is 2. The van der Waals surface area contributed by atoms with Gasteiger partial charge < -0.3 is 15.7 Å². The Hall–Kier alpha value is -1.63. The summed E-state index contributed by atoms with van der Waals surface area (Å²) in [6.45, 7) is 0.542. The summed E-state index contributed by atoms with van der Waals surface area (Å²) in [7, 11) is 0. The quantitative estimate of drug-likeness (QED) is 0.749. The van der Waals surface area contributed by atoms with Gasteiger partial charge in [-0.3, -0.25) is 4.79 Å². The predicted molar refractivity (Wildman–Crippen MR) is 66.3 cm³/mol. The second-order valence-corrected chi connectivity index (χ2v) is 5.17. The molecule has 1 saturated carbocycles. The number of carboxylic acid groups (broad SMARTS) is 1. The van der Waals surface area contributed by atoms with Crippen LogP contribution in [0.5, 0.6) is 0 Å². The maximum Gasteiger partial charge on any atom is 0.315 e. The first-order valence-corrected chi connectivity index (χ1v) is 6.69. The third-order valence-electron chi connectivity index (χ3n) is 3.27. The molecule has 18 heavy (non-hydrogen) atoms. The molecule has 1 aromatic rings. The number of thiazole rings is 1. The van der Waals surface area contributed by atoms with Crippen molar-refractivity contribution >= 4 is 23.3 Å². The highest BCUT2D eigenvalue weighted by Crippen LogP contribution is 2.40. The van der Waals surface area contributed by atoms with Gasteiger partial charge in [0.2, 0.25) is 0 Å². The third kappa shape index (κ3) is 2.79. The number of urea groups is 1. The van der Waals surface area contributed by atoms with Gasteiger partial charge >= 0.3 is 12.0 Å². The topological polar surface area (TPSA) is 91.3 Å². The Kier molecular flexibility index (Phi) is 3.81. The molecule has 0 radical (unpaired) electrons. The van der Waals surface area contributed by atoms with Crippen LogP contribution in [0.3, 0.4) is 0 Å². The second-order valence-electron chi connectivity index (χ2n) is 4.46. The molecule has 0 aliphatic heterocycles. The lowest BCUT2D eigenvalue weighted by Crippen LogP contribution is -2.49. The molecule has 0 spiro atoms. The number of nitrogens with one attached hydrogen (secondary N) is 2. The minimum Gasteiger partial charge on any atom is -0.481 e. The van der Waals surface area contributed by atoms with Gasteiger partial charge in [0, 0.05) is 11.9 Å². The molecule has 0 atom stereocenters. The van der Waals surface area contributed by atoms with Gasteiger partial charge in [0.25, 0.3) is 0 Å². The molecule has 0 bridgehead atoms. The summed E-state index contributed by atoms with van der Waals surface area (Å²) in [5.74, 6) is -0.825. The summed E-state index contributed by atoms with van der Waals surface area (Å²) in [6.07, 6.45) is 2.18. The van der Waals surface area contributed by atoms with Gasteiger partial charge in [-0.15, -0.1) is 11.3 Å². The van der Waals surface area contributed by atoms with Crippen molar-refractivity contribution in [3.63, 3.8) is 0 Å². The Labute approximate surface area is 108 Å². The number of nitrogens with zero attached hydrogens (tertiary/aromatic N) is 1. The number of carbonyl (C=O) groups excluding carboxylic acids is 1. The number of amides is 2. The van der Waals surface area contributed by atoms with Crippen molar-refractivity contribution in [3.8, 4) is 0 Å². The van der Waals surface area contributed by atoms with Crippen molar-refractivity contribution < 1.29 is 14.7 Å². The van der Waals surface area contributed by atoms with Gasteiger partial charge in [-0.05, 0) is 12.8 Å². The highest BCUT2D eigenvalue weighted by molar-refractivity contribution is 7.07. The van der Waals surface area contributed by atoms with E-state index in [1.54, 1.807) is 5.51 Å². The lowest BCUT2D eigenvalue weighted by atomic mass is 9.69. The van der Waals surface area contributed by atoms with Crippen LogP contribution in [0.4, 0.5) is 4.79 Å². The molecule has 0 aromatic carbocycles. The van der Waals surface area contributed by atoms with Crippen molar-refractivity contribution in [1.29, 1.82) is 0 Å². The highest BCUT2D eigenvalue weighted by atomic mass is 32.1.